The Kier molecular flexibility index (Phi) is 5.22. The van der Waals surface area contributed by atoms with Crippen LogP contribution in [0.2, 0.25) is 0 Å². The molecule has 0 radical (unpaired) electrons. The first-order valence-electron chi connectivity index (χ1n) is 9.19. The average Bonchev–Trinajstić information content (AvgIpc) is 3.02. The van der Waals surface area contributed by atoms with Gasteiger partial charge in [-0.2, -0.15) is 0 Å². The Labute approximate surface area is 156 Å². The van der Waals surface area contributed by atoms with E-state index in [9.17, 15) is 4.79 Å². The Bertz CT molecular complexity index is 979. The first-order chi connectivity index (χ1) is 13.3. The molecule has 2 aromatic heterocycles. The number of fused-ring (bicyclic) bond motifs is 2. The number of oxazole rings is 1. The van der Waals surface area contributed by atoms with Crippen LogP contribution in [-0.4, -0.2) is 29.8 Å². The van der Waals surface area contributed by atoms with E-state index in [0.29, 0.717) is 31.0 Å². The summed E-state index contributed by atoms with van der Waals surface area (Å²) < 4.78 is 18.0. The summed E-state index contributed by atoms with van der Waals surface area (Å²) in [4.78, 5) is 16.2. The largest absolute Gasteiger partial charge is 0.496 e. The molecule has 0 amide bonds. The van der Waals surface area contributed by atoms with Crippen LogP contribution in [0.4, 0.5) is 0 Å². The lowest BCUT2D eigenvalue weighted by molar-refractivity contribution is 0.0801. The highest BCUT2D eigenvalue weighted by Gasteiger charge is 2.22. The van der Waals surface area contributed by atoms with Gasteiger partial charge < -0.3 is 19.2 Å². The van der Waals surface area contributed by atoms with E-state index in [1.807, 2.05) is 12.1 Å². The zero-order valence-electron chi connectivity index (χ0n) is 15.3. The lowest BCUT2D eigenvalue weighted by Crippen LogP contribution is -2.30. The minimum absolute atomic E-state index is 0.156. The van der Waals surface area contributed by atoms with Crippen LogP contribution in [0.5, 0.6) is 5.75 Å². The predicted octanol–water partition coefficient (Wildman–Crippen LogP) is 2.64. The van der Waals surface area contributed by atoms with Gasteiger partial charge in [0.1, 0.15) is 5.75 Å². The molecule has 7 heteroatoms. The van der Waals surface area contributed by atoms with Gasteiger partial charge in [-0.1, -0.05) is 12.1 Å². The van der Waals surface area contributed by atoms with E-state index in [1.165, 1.54) is 5.56 Å². The Balaban J connectivity index is 1.33. The zero-order chi connectivity index (χ0) is 18.6. The molecule has 0 saturated heterocycles. The molecule has 0 fully saturated rings. The molecule has 1 unspecified atom stereocenters. The van der Waals surface area contributed by atoms with Crippen molar-refractivity contribution in [2.24, 2.45) is 0 Å². The van der Waals surface area contributed by atoms with E-state index in [0.717, 1.165) is 30.7 Å². The van der Waals surface area contributed by atoms with Crippen LogP contribution >= 0.6 is 0 Å². The second-order valence-electron chi connectivity index (χ2n) is 6.60. The van der Waals surface area contributed by atoms with Gasteiger partial charge in [0.15, 0.2) is 11.2 Å². The molecule has 3 aromatic rings. The van der Waals surface area contributed by atoms with E-state index in [1.54, 1.807) is 30.0 Å². The Morgan fingerprint density at radius 2 is 2.22 bits per heavy atom. The van der Waals surface area contributed by atoms with E-state index in [-0.39, 0.29) is 11.8 Å². The highest BCUT2D eigenvalue weighted by atomic mass is 16.5. The fourth-order valence-corrected chi connectivity index (χ4v) is 3.56. The topological polar surface area (TPSA) is 78.5 Å². The molecule has 0 bridgehead atoms. The summed E-state index contributed by atoms with van der Waals surface area (Å²) in [5.74, 6) is 0.524. The molecule has 142 valence electrons. The van der Waals surface area contributed by atoms with Crippen molar-refractivity contribution in [3.8, 4) is 5.75 Å². The van der Waals surface area contributed by atoms with Gasteiger partial charge in [-0.3, -0.25) is 4.57 Å². The molecule has 1 aliphatic rings. The lowest BCUT2D eigenvalue weighted by Gasteiger charge is -2.28. The molecule has 1 aliphatic heterocycles. The first kappa shape index (κ1) is 17.8. The van der Waals surface area contributed by atoms with Crippen molar-refractivity contribution < 1.29 is 13.9 Å². The van der Waals surface area contributed by atoms with Gasteiger partial charge in [-0.25, -0.2) is 9.78 Å². The minimum atomic E-state index is -0.349. The molecular weight excluding hydrogens is 346 g/mol. The van der Waals surface area contributed by atoms with Gasteiger partial charge in [-0.05, 0) is 43.1 Å². The number of nitrogens with one attached hydrogen (secondary N) is 1. The summed E-state index contributed by atoms with van der Waals surface area (Å²) in [5, 5.41) is 3.55. The maximum Gasteiger partial charge on any atom is 0.421 e. The van der Waals surface area contributed by atoms with Crippen LogP contribution < -0.4 is 15.8 Å². The predicted molar refractivity (Wildman–Crippen MR) is 101 cm³/mol. The summed E-state index contributed by atoms with van der Waals surface area (Å²) in [7, 11) is 1.68. The van der Waals surface area contributed by atoms with Crippen molar-refractivity contribution in [2.75, 3.05) is 20.3 Å². The van der Waals surface area contributed by atoms with Crippen LogP contribution in [0.15, 0.2) is 45.7 Å². The number of unbranched alkanes of at least 4 members (excludes halogenated alkanes) is 1. The number of aryl methyl sites for hydroxylation is 1. The summed E-state index contributed by atoms with van der Waals surface area (Å²) in [6, 6.07) is 9.78. The van der Waals surface area contributed by atoms with Crippen molar-refractivity contribution in [1.29, 1.82) is 0 Å². The molecule has 7 nitrogen and oxygen atoms in total. The van der Waals surface area contributed by atoms with Crippen molar-refractivity contribution >= 4 is 11.2 Å². The average molecular weight is 369 g/mol. The number of hydrogen-bond acceptors (Lipinski definition) is 6. The third kappa shape index (κ3) is 3.61. The smallest absolute Gasteiger partial charge is 0.421 e. The van der Waals surface area contributed by atoms with Gasteiger partial charge in [-0.15, -0.1) is 0 Å². The number of nitrogens with zero attached hydrogens (tertiary/aromatic N) is 2. The van der Waals surface area contributed by atoms with Gasteiger partial charge >= 0.3 is 5.76 Å². The summed E-state index contributed by atoms with van der Waals surface area (Å²) in [6.45, 7) is 2.66. The monoisotopic (exact) mass is 369 g/mol. The molecule has 1 atom stereocenters. The van der Waals surface area contributed by atoms with E-state index in [2.05, 4.69) is 16.4 Å². The van der Waals surface area contributed by atoms with Crippen molar-refractivity contribution in [2.45, 2.75) is 32.0 Å². The Hall–Kier alpha value is -2.64. The Morgan fingerprint density at radius 3 is 3.11 bits per heavy atom. The van der Waals surface area contributed by atoms with Gasteiger partial charge in [0.25, 0.3) is 0 Å². The van der Waals surface area contributed by atoms with Crippen LogP contribution in [-0.2, 0) is 17.9 Å². The van der Waals surface area contributed by atoms with Crippen molar-refractivity contribution in [3.05, 3.63) is 58.2 Å². The first-order valence-corrected chi connectivity index (χ1v) is 9.19. The second kappa shape index (κ2) is 7.94. The zero-order valence-corrected chi connectivity index (χ0v) is 15.3. The molecule has 0 saturated carbocycles. The molecule has 1 aromatic carbocycles. The number of pyridine rings is 1. The van der Waals surface area contributed by atoms with Crippen molar-refractivity contribution in [1.82, 2.24) is 14.9 Å². The molecule has 1 N–H and O–H groups in total. The van der Waals surface area contributed by atoms with Crippen LogP contribution in [0.25, 0.3) is 11.2 Å². The minimum Gasteiger partial charge on any atom is -0.496 e. The van der Waals surface area contributed by atoms with E-state index in [4.69, 9.17) is 13.9 Å². The van der Waals surface area contributed by atoms with Crippen molar-refractivity contribution in [3.63, 3.8) is 0 Å². The quantitative estimate of drug-likeness (QED) is 0.645. The van der Waals surface area contributed by atoms with E-state index < -0.39 is 0 Å². The number of benzene rings is 1. The maximum absolute atomic E-state index is 12.0. The van der Waals surface area contributed by atoms with Crippen LogP contribution in [0.3, 0.4) is 0 Å². The molecule has 0 spiro atoms. The molecule has 27 heavy (non-hydrogen) atoms. The molecule has 4 rings (SSSR count). The number of rotatable bonds is 7. The summed E-state index contributed by atoms with van der Waals surface area (Å²) in [6.07, 6.45) is 3.46. The third-order valence-electron chi connectivity index (χ3n) is 4.92. The number of methoxy groups -OCH3 is 1. The highest BCUT2D eigenvalue weighted by molar-refractivity contribution is 5.67. The second-order valence-corrected chi connectivity index (χ2v) is 6.60. The number of aromatic nitrogens is 2. The number of hydrogen-bond donors (Lipinski definition) is 1. The summed E-state index contributed by atoms with van der Waals surface area (Å²) in [5.41, 5.74) is 3.50. The van der Waals surface area contributed by atoms with Gasteiger partial charge in [0.2, 0.25) is 0 Å². The van der Waals surface area contributed by atoms with Crippen LogP contribution in [0, 0.1) is 0 Å². The fraction of sp³-hybridized carbons (Fsp3) is 0.400. The normalized spacial score (nSPS) is 16.4. The Morgan fingerprint density at radius 1 is 1.30 bits per heavy atom. The maximum atomic E-state index is 12.0. The molecule has 3 heterocycles. The standard InChI is InChI=1S/C20H23N3O4/c1-25-17-7-4-6-14-15(17)12-26-13-16(14)21-9-2-3-11-23-19-18(27-20(23)24)8-5-10-22-19/h4-8,10,16,21H,2-3,9,11-13H2,1H3. The third-order valence-corrected chi connectivity index (χ3v) is 4.92. The van der Waals surface area contributed by atoms with E-state index >= 15 is 0 Å². The SMILES string of the molecule is COc1cccc2c1COCC2NCCCCn1c(=O)oc2cccnc21. The number of ether oxygens (including phenoxy) is 2. The fourth-order valence-electron chi connectivity index (χ4n) is 3.56. The molecule has 0 aliphatic carbocycles. The van der Waals surface area contributed by atoms with Gasteiger partial charge in [0, 0.05) is 18.3 Å². The molecular formula is C20H23N3O4. The summed E-state index contributed by atoms with van der Waals surface area (Å²) >= 11 is 0. The van der Waals surface area contributed by atoms with Gasteiger partial charge in [0.05, 0.1) is 26.4 Å². The highest BCUT2D eigenvalue weighted by Crippen LogP contribution is 2.31. The lowest BCUT2D eigenvalue weighted by atomic mass is 9.98. The van der Waals surface area contributed by atoms with Crippen LogP contribution in [0.1, 0.15) is 30.0 Å².